The first-order valence-electron chi connectivity index (χ1n) is 11.5. The highest BCUT2D eigenvalue weighted by atomic mass is 16.5. The Bertz CT molecular complexity index is 373. The molecule has 0 radical (unpaired) electrons. The fraction of sp³-hybridized carbons (Fsp3) is 0.760. The van der Waals surface area contributed by atoms with E-state index in [9.17, 15) is 0 Å². The van der Waals surface area contributed by atoms with E-state index in [0.717, 1.165) is 13.2 Å². The van der Waals surface area contributed by atoms with Crippen molar-refractivity contribution in [2.24, 2.45) is 0 Å². The molecule has 0 heterocycles. The molecule has 1 rings (SSSR count). The van der Waals surface area contributed by atoms with Gasteiger partial charge in [0.2, 0.25) is 0 Å². The summed E-state index contributed by atoms with van der Waals surface area (Å²) in [7, 11) is 0. The first-order valence-corrected chi connectivity index (χ1v) is 11.5. The zero-order valence-electron chi connectivity index (χ0n) is 17.5. The maximum atomic E-state index is 5.66. The average Bonchev–Trinajstić information content (AvgIpc) is 2.68. The number of unbranched alkanes of at least 4 members (excludes halogenated alkanes) is 13. The van der Waals surface area contributed by atoms with E-state index < -0.39 is 0 Å². The second kappa shape index (κ2) is 19.0. The van der Waals surface area contributed by atoms with E-state index in [2.05, 4.69) is 37.3 Å². The maximum Gasteiger partial charge on any atom is 0.0466 e. The molecule has 0 amide bonds. The number of aryl methyl sites for hydroxylation is 1. The van der Waals surface area contributed by atoms with Crippen molar-refractivity contribution in [1.29, 1.82) is 0 Å². The fourth-order valence-electron chi connectivity index (χ4n) is 3.50. The van der Waals surface area contributed by atoms with E-state index >= 15 is 0 Å². The Morgan fingerprint density at radius 2 is 1.00 bits per heavy atom. The molecule has 0 saturated carbocycles. The van der Waals surface area contributed by atoms with Gasteiger partial charge in [0.15, 0.2) is 0 Å². The lowest BCUT2D eigenvalue weighted by atomic mass is 10.0. The van der Waals surface area contributed by atoms with Gasteiger partial charge in [-0.15, -0.1) is 0 Å². The van der Waals surface area contributed by atoms with Crippen LogP contribution in [0.3, 0.4) is 0 Å². The van der Waals surface area contributed by atoms with Crippen molar-refractivity contribution in [2.45, 2.75) is 110 Å². The second-order valence-electron chi connectivity index (χ2n) is 7.80. The summed E-state index contributed by atoms with van der Waals surface area (Å²) < 4.78 is 5.66. The fourth-order valence-corrected chi connectivity index (χ4v) is 3.50. The van der Waals surface area contributed by atoms with Gasteiger partial charge in [0.1, 0.15) is 0 Å². The van der Waals surface area contributed by atoms with Crippen molar-refractivity contribution in [3.8, 4) is 0 Å². The molecule has 1 heteroatoms. The molecule has 0 aliphatic rings. The van der Waals surface area contributed by atoms with Gasteiger partial charge in [0.05, 0.1) is 0 Å². The third-order valence-corrected chi connectivity index (χ3v) is 5.24. The molecule has 0 N–H and O–H groups in total. The van der Waals surface area contributed by atoms with Gasteiger partial charge in [-0.25, -0.2) is 0 Å². The molecule has 0 aromatic heterocycles. The summed E-state index contributed by atoms with van der Waals surface area (Å²) in [6, 6.07) is 10.9. The monoisotopic (exact) mass is 360 g/mol. The third kappa shape index (κ3) is 15.4. The molecule has 1 aromatic rings. The molecular formula is C25H44O. The number of ether oxygens (including phenoxy) is 1. The van der Waals surface area contributed by atoms with Crippen LogP contribution in [0.4, 0.5) is 0 Å². The summed E-state index contributed by atoms with van der Waals surface area (Å²) in [6.07, 6.45) is 21.9. The zero-order valence-corrected chi connectivity index (χ0v) is 17.5. The largest absolute Gasteiger partial charge is 0.381 e. The quantitative estimate of drug-likeness (QED) is 0.226. The average molecular weight is 361 g/mol. The van der Waals surface area contributed by atoms with Gasteiger partial charge in [0.25, 0.3) is 0 Å². The van der Waals surface area contributed by atoms with Crippen LogP contribution >= 0.6 is 0 Å². The lowest BCUT2D eigenvalue weighted by molar-refractivity contribution is 0.126. The van der Waals surface area contributed by atoms with E-state index in [0.29, 0.717) is 0 Å². The van der Waals surface area contributed by atoms with Crippen LogP contribution < -0.4 is 0 Å². The molecule has 1 aromatic carbocycles. The normalized spacial score (nSPS) is 11.1. The molecule has 0 unspecified atom stereocenters. The van der Waals surface area contributed by atoms with Crippen LogP contribution in [0.25, 0.3) is 0 Å². The summed E-state index contributed by atoms with van der Waals surface area (Å²) in [5, 5.41) is 0. The third-order valence-electron chi connectivity index (χ3n) is 5.24. The zero-order chi connectivity index (χ0) is 18.5. The van der Waals surface area contributed by atoms with Crippen LogP contribution in [-0.2, 0) is 11.2 Å². The van der Waals surface area contributed by atoms with Gasteiger partial charge in [-0.05, 0) is 31.2 Å². The smallest absolute Gasteiger partial charge is 0.0466 e. The van der Waals surface area contributed by atoms with Crippen molar-refractivity contribution in [1.82, 2.24) is 0 Å². The molecule has 26 heavy (non-hydrogen) atoms. The van der Waals surface area contributed by atoms with Crippen LogP contribution in [0, 0.1) is 0 Å². The molecule has 1 nitrogen and oxygen atoms in total. The molecule has 0 saturated heterocycles. The highest BCUT2D eigenvalue weighted by Gasteiger charge is 1.95. The Morgan fingerprint density at radius 3 is 1.54 bits per heavy atom. The predicted molar refractivity (Wildman–Crippen MR) is 116 cm³/mol. The van der Waals surface area contributed by atoms with Crippen molar-refractivity contribution in [3.05, 3.63) is 35.9 Å². The highest BCUT2D eigenvalue weighted by molar-refractivity contribution is 5.14. The molecule has 0 fully saturated rings. The molecular weight excluding hydrogens is 316 g/mol. The van der Waals surface area contributed by atoms with Crippen LogP contribution in [0.1, 0.15) is 109 Å². The Labute approximate surface area is 163 Å². The Morgan fingerprint density at radius 1 is 0.538 bits per heavy atom. The number of hydrogen-bond donors (Lipinski definition) is 0. The number of rotatable bonds is 19. The van der Waals surface area contributed by atoms with E-state index in [1.54, 1.807) is 0 Å². The van der Waals surface area contributed by atoms with Crippen molar-refractivity contribution < 1.29 is 4.74 Å². The van der Waals surface area contributed by atoms with Crippen molar-refractivity contribution in [2.75, 3.05) is 13.2 Å². The number of benzene rings is 1. The standard InChI is InChI=1S/C25H44O/c1-2-3-18-23-26-24-19-13-11-9-7-5-4-6-8-10-12-15-20-25-21-16-14-17-22-25/h14,16-17,21-22H,2-13,15,18-20,23-24H2,1H3. The van der Waals surface area contributed by atoms with Crippen LogP contribution in [0.5, 0.6) is 0 Å². The van der Waals surface area contributed by atoms with Gasteiger partial charge in [-0.2, -0.15) is 0 Å². The Hall–Kier alpha value is -0.820. The Balaban J connectivity index is 1.68. The molecule has 0 aliphatic heterocycles. The maximum absolute atomic E-state index is 5.66. The minimum Gasteiger partial charge on any atom is -0.381 e. The lowest BCUT2D eigenvalue weighted by Gasteiger charge is -2.05. The second-order valence-corrected chi connectivity index (χ2v) is 7.80. The number of hydrogen-bond acceptors (Lipinski definition) is 1. The molecule has 0 bridgehead atoms. The molecule has 0 spiro atoms. The van der Waals surface area contributed by atoms with Gasteiger partial charge in [-0.3, -0.25) is 0 Å². The summed E-state index contributed by atoms with van der Waals surface area (Å²) in [5.41, 5.74) is 1.50. The molecule has 0 atom stereocenters. The minimum atomic E-state index is 0.972. The first-order chi connectivity index (χ1) is 12.9. The van der Waals surface area contributed by atoms with Gasteiger partial charge >= 0.3 is 0 Å². The van der Waals surface area contributed by atoms with E-state index in [1.165, 1.54) is 108 Å². The summed E-state index contributed by atoms with van der Waals surface area (Å²) in [4.78, 5) is 0. The lowest BCUT2D eigenvalue weighted by Crippen LogP contribution is -1.96. The van der Waals surface area contributed by atoms with E-state index in [-0.39, 0.29) is 0 Å². The van der Waals surface area contributed by atoms with Crippen molar-refractivity contribution in [3.63, 3.8) is 0 Å². The topological polar surface area (TPSA) is 9.23 Å². The van der Waals surface area contributed by atoms with Crippen LogP contribution in [-0.4, -0.2) is 13.2 Å². The van der Waals surface area contributed by atoms with Crippen molar-refractivity contribution >= 4 is 0 Å². The predicted octanol–water partition coefficient (Wildman–Crippen LogP) is 8.12. The van der Waals surface area contributed by atoms with Gasteiger partial charge < -0.3 is 4.74 Å². The van der Waals surface area contributed by atoms with Crippen LogP contribution in [0.2, 0.25) is 0 Å². The Kier molecular flexibility index (Phi) is 16.9. The minimum absolute atomic E-state index is 0.972. The van der Waals surface area contributed by atoms with Gasteiger partial charge in [0, 0.05) is 13.2 Å². The van der Waals surface area contributed by atoms with Gasteiger partial charge in [-0.1, -0.05) is 114 Å². The summed E-state index contributed by atoms with van der Waals surface area (Å²) in [6.45, 7) is 4.20. The van der Waals surface area contributed by atoms with E-state index in [4.69, 9.17) is 4.74 Å². The summed E-state index contributed by atoms with van der Waals surface area (Å²) >= 11 is 0. The highest BCUT2D eigenvalue weighted by Crippen LogP contribution is 2.13. The summed E-state index contributed by atoms with van der Waals surface area (Å²) in [5.74, 6) is 0. The van der Waals surface area contributed by atoms with E-state index in [1.807, 2.05) is 0 Å². The SMILES string of the molecule is CCCCCOCCCCCCCCCCCCCCc1ccccc1. The molecule has 150 valence electrons. The van der Waals surface area contributed by atoms with Crippen LogP contribution in [0.15, 0.2) is 30.3 Å². The molecule has 0 aliphatic carbocycles. The first kappa shape index (κ1) is 23.2.